The average molecular weight is 584 g/mol. The van der Waals surface area contributed by atoms with Crippen LogP contribution in [0.1, 0.15) is 50.3 Å². The van der Waals surface area contributed by atoms with Crippen molar-refractivity contribution in [1.29, 1.82) is 0 Å². The van der Waals surface area contributed by atoms with E-state index in [0.29, 0.717) is 11.4 Å². The molecule has 1 N–H and O–H groups in total. The van der Waals surface area contributed by atoms with Crippen molar-refractivity contribution < 1.29 is 18.0 Å². The maximum atomic E-state index is 14.1. The molecular formula is C31H38ClN3O4S. The second-order valence-electron chi connectivity index (χ2n) is 10.1. The van der Waals surface area contributed by atoms with Gasteiger partial charge < -0.3 is 10.2 Å². The van der Waals surface area contributed by atoms with E-state index < -0.39 is 28.5 Å². The number of rotatable bonds is 12. The predicted octanol–water partition coefficient (Wildman–Crippen LogP) is 5.87. The molecule has 0 saturated heterocycles. The van der Waals surface area contributed by atoms with Crippen molar-refractivity contribution >= 4 is 39.1 Å². The van der Waals surface area contributed by atoms with Gasteiger partial charge in [-0.15, -0.1) is 0 Å². The highest BCUT2D eigenvalue weighted by Crippen LogP contribution is 2.27. The smallest absolute Gasteiger partial charge is 0.264 e. The van der Waals surface area contributed by atoms with Crippen LogP contribution in [0, 0.1) is 13.8 Å². The number of carbonyl (C=O) groups excluding carboxylic acids is 2. The van der Waals surface area contributed by atoms with E-state index in [9.17, 15) is 18.0 Å². The highest BCUT2D eigenvalue weighted by molar-refractivity contribution is 7.92. The molecule has 9 heteroatoms. The van der Waals surface area contributed by atoms with Crippen LogP contribution in [0.2, 0.25) is 5.02 Å². The molecule has 0 aliphatic rings. The molecule has 0 unspecified atom stereocenters. The molecule has 2 amide bonds. The average Bonchev–Trinajstić information content (AvgIpc) is 2.92. The number of anilines is 1. The third kappa shape index (κ3) is 7.86. The maximum absolute atomic E-state index is 14.1. The van der Waals surface area contributed by atoms with Crippen LogP contribution in [0.5, 0.6) is 0 Å². The summed E-state index contributed by atoms with van der Waals surface area (Å²) in [7, 11) is -4.14. The molecule has 3 aromatic carbocycles. The van der Waals surface area contributed by atoms with E-state index in [1.807, 2.05) is 58.9 Å². The standard InChI is InChI=1S/C31H38ClN3O4S/c1-6-24(5)33-31(37)29(7-2)34(20-25-15-11-22(3)12-16-25)30(36)21-35(27-10-8-9-26(32)19-27)40(38,39)28-17-13-23(4)14-18-28/h8-19,24,29H,6-7,20-21H2,1-5H3,(H,33,37)/t24-,29-/m0/s1. The molecule has 0 aliphatic heterocycles. The second-order valence-corrected chi connectivity index (χ2v) is 12.4. The van der Waals surface area contributed by atoms with Gasteiger partial charge in [0.05, 0.1) is 10.6 Å². The van der Waals surface area contributed by atoms with Crippen LogP contribution in [-0.2, 0) is 26.2 Å². The molecule has 40 heavy (non-hydrogen) atoms. The Morgan fingerprint density at radius 3 is 2.05 bits per heavy atom. The molecule has 0 bridgehead atoms. The fourth-order valence-corrected chi connectivity index (χ4v) is 5.84. The Hall–Kier alpha value is -3.36. The predicted molar refractivity (Wildman–Crippen MR) is 161 cm³/mol. The van der Waals surface area contributed by atoms with Crippen molar-refractivity contribution in [1.82, 2.24) is 10.2 Å². The first-order chi connectivity index (χ1) is 19.0. The third-order valence-corrected chi connectivity index (χ3v) is 8.87. The van der Waals surface area contributed by atoms with Gasteiger partial charge in [-0.3, -0.25) is 13.9 Å². The maximum Gasteiger partial charge on any atom is 0.264 e. The van der Waals surface area contributed by atoms with Crippen LogP contribution < -0.4 is 9.62 Å². The summed E-state index contributed by atoms with van der Waals surface area (Å²) in [5, 5.41) is 3.32. The number of benzene rings is 3. The van der Waals surface area contributed by atoms with Gasteiger partial charge in [-0.2, -0.15) is 0 Å². The molecule has 0 radical (unpaired) electrons. The first-order valence-corrected chi connectivity index (χ1v) is 15.3. The van der Waals surface area contributed by atoms with E-state index in [1.54, 1.807) is 30.3 Å². The third-order valence-electron chi connectivity index (χ3n) is 6.84. The Balaban J connectivity index is 2.05. The number of aryl methyl sites for hydroxylation is 2. The monoisotopic (exact) mass is 583 g/mol. The summed E-state index contributed by atoms with van der Waals surface area (Å²) in [5.41, 5.74) is 3.07. The zero-order chi connectivity index (χ0) is 29.4. The van der Waals surface area contributed by atoms with E-state index in [1.165, 1.54) is 23.1 Å². The highest BCUT2D eigenvalue weighted by Gasteiger charge is 2.34. The van der Waals surface area contributed by atoms with Crippen molar-refractivity contribution in [2.75, 3.05) is 10.8 Å². The van der Waals surface area contributed by atoms with Crippen molar-refractivity contribution in [2.24, 2.45) is 0 Å². The summed E-state index contributed by atoms with van der Waals surface area (Å²) in [6.45, 7) is 9.21. The van der Waals surface area contributed by atoms with Gasteiger partial charge in [-0.25, -0.2) is 8.42 Å². The second kappa shape index (κ2) is 13.8. The van der Waals surface area contributed by atoms with Crippen LogP contribution in [0.3, 0.4) is 0 Å². The molecule has 2 atom stereocenters. The Bertz CT molecular complexity index is 1410. The van der Waals surface area contributed by atoms with Crippen LogP contribution in [-0.4, -0.2) is 43.8 Å². The molecule has 3 rings (SSSR count). The quantitative estimate of drug-likeness (QED) is 0.289. The van der Waals surface area contributed by atoms with E-state index in [0.717, 1.165) is 27.4 Å². The normalized spacial score (nSPS) is 12.8. The summed E-state index contributed by atoms with van der Waals surface area (Å²) in [5.74, 6) is -0.768. The number of sulfonamides is 1. The lowest BCUT2D eigenvalue weighted by Gasteiger charge is -2.33. The summed E-state index contributed by atoms with van der Waals surface area (Å²) in [4.78, 5) is 28.9. The minimum absolute atomic E-state index is 0.0533. The van der Waals surface area contributed by atoms with E-state index >= 15 is 0 Å². The summed E-state index contributed by atoms with van der Waals surface area (Å²) in [6, 6.07) is 19.7. The lowest BCUT2D eigenvalue weighted by molar-refractivity contribution is -0.140. The van der Waals surface area contributed by atoms with Gasteiger partial charge in [0.2, 0.25) is 11.8 Å². The van der Waals surface area contributed by atoms with Crippen LogP contribution in [0.25, 0.3) is 0 Å². The molecule has 0 heterocycles. The molecule has 0 aromatic heterocycles. The summed E-state index contributed by atoms with van der Waals surface area (Å²) >= 11 is 6.23. The SMILES string of the molecule is CC[C@H](C)NC(=O)[C@H](CC)N(Cc1ccc(C)cc1)C(=O)CN(c1cccc(Cl)c1)S(=O)(=O)c1ccc(C)cc1. The zero-order valence-electron chi connectivity index (χ0n) is 23.7. The number of carbonyl (C=O) groups is 2. The minimum Gasteiger partial charge on any atom is -0.352 e. The number of nitrogens with zero attached hydrogens (tertiary/aromatic N) is 2. The summed E-state index contributed by atoms with van der Waals surface area (Å²) in [6.07, 6.45) is 1.10. The van der Waals surface area contributed by atoms with E-state index in [-0.39, 0.29) is 29.1 Å². The van der Waals surface area contributed by atoms with Gasteiger partial charge in [-0.1, -0.05) is 79.0 Å². The van der Waals surface area contributed by atoms with Gasteiger partial charge in [0.25, 0.3) is 10.0 Å². The topological polar surface area (TPSA) is 86.8 Å². The minimum atomic E-state index is -4.14. The molecule has 214 valence electrons. The van der Waals surface area contributed by atoms with Crippen molar-refractivity contribution in [3.8, 4) is 0 Å². The fraction of sp³-hybridized carbons (Fsp3) is 0.355. The Morgan fingerprint density at radius 2 is 1.50 bits per heavy atom. The van der Waals surface area contributed by atoms with Crippen LogP contribution >= 0.6 is 11.6 Å². The van der Waals surface area contributed by atoms with Crippen molar-refractivity contribution in [3.63, 3.8) is 0 Å². The van der Waals surface area contributed by atoms with E-state index in [2.05, 4.69) is 5.32 Å². The van der Waals surface area contributed by atoms with E-state index in [4.69, 9.17) is 11.6 Å². The summed E-state index contributed by atoms with van der Waals surface area (Å²) < 4.78 is 28.9. The molecule has 7 nitrogen and oxygen atoms in total. The molecule has 3 aromatic rings. The van der Waals surface area contributed by atoms with Gasteiger partial charge in [0.1, 0.15) is 12.6 Å². The Kier molecular flexibility index (Phi) is 10.8. The molecular weight excluding hydrogens is 546 g/mol. The van der Waals surface area contributed by atoms with Gasteiger partial charge in [-0.05, 0) is 69.5 Å². The fourth-order valence-electron chi connectivity index (χ4n) is 4.25. The first-order valence-electron chi connectivity index (χ1n) is 13.5. The van der Waals surface area contributed by atoms with Crippen molar-refractivity contribution in [3.05, 3.63) is 94.5 Å². The first kappa shape index (κ1) is 31.2. The number of nitrogens with one attached hydrogen (secondary N) is 1. The number of hydrogen-bond donors (Lipinski definition) is 1. The Labute approximate surface area is 243 Å². The molecule has 0 fully saturated rings. The number of hydrogen-bond acceptors (Lipinski definition) is 4. The van der Waals surface area contributed by atoms with Crippen molar-refractivity contribution in [2.45, 2.75) is 71.0 Å². The molecule has 0 spiro atoms. The van der Waals surface area contributed by atoms with Gasteiger partial charge in [0.15, 0.2) is 0 Å². The lowest BCUT2D eigenvalue weighted by atomic mass is 10.1. The van der Waals surface area contributed by atoms with Crippen LogP contribution in [0.15, 0.2) is 77.7 Å². The lowest BCUT2D eigenvalue weighted by Crippen LogP contribution is -2.53. The highest BCUT2D eigenvalue weighted by atomic mass is 35.5. The van der Waals surface area contributed by atoms with Gasteiger partial charge >= 0.3 is 0 Å². The largest absolute Gasteiger partial charge is 0.352 e. The Morgan fingerprint density at radius 1 is 0.900 bits per heavy atom. The number of amides is 2. The molecule has 0 saturated carbocycles. The molecule has 0 aliphatic carbocycles. The van der Waals surface area contributed by atoms with Gasteiger partial charge in [0, 0.05) is 17.6 Å². The zero-order valence-corrected chi connectivity index (χ0v) is 25.3. The number of halogens is 1. The van der Waals surface area contributed by atoms with Crippen LogP contribution in [0.4, 0.5) is 5.69 Å².